The van der Waals surface area contributed by atoms with Crippen LogP contribution >= 0.6 is 7.94 Å². The highest BCUT2D eigenvalue weighted by Gasteiger charge is 2.41. The highest BCUT2D eigenvalue weighted by molar-refractivity contribution is 7.59. The lowest BCUT2D eigenvalue weighted by molar-refractivity contribution is -0.111. The van der Waals surface area contributed by atoms with Crippen molar-refractivity contribution in [3.05, 3.63) is 89.9 Å². The topological polar surface area (TPSA) is 85.6 Å². The van der Waals surface area contributed by atoms with Crippen molar-refractivity contribution in [2.45, 2.75) is 6.16 Å². The fraction of sp³-hybridized carbons (Fsp3) is 0.167. The third kappa shape index (κ3) is 6.00. The number of hydrogen-bond donors (Lipinski definition) is 2. The number of aromatic nitrogens is 2. The normalized spacial score (nSPS) is 15.5. The van der Waals surface area contributed by atoms with Gasteiger partial charge >= 0.3 is 7.94 Å². The average molecular weight is 468 g/mol. The van der Waals surface area contributed by atoms with Gasteiger partial charge in [-0.25, -0.2) is 4.39 Å². The first-order chi connectivity index (χ1) is 15.9. The summed E-state index contributed by atoms with van der Waals surface area (Å²) in [6.07, 6.45) is 8.65. The quantitative estimate of drug-likeness (QED) is 0.310. The molecule has 0 atom stereocenters. The predicted octanol–water partition coefficient (Wildman–Crippen LogP) is 4.74. The molecular formula is C24H24FN3O4P+. The van der Waals surface area contributed by atoms with E-state index in [1.807, 2.05) is 24.3 Å². The van der Waals surface area contributed by atoms with Gasteiger partial charge < -0.3 is 5.32 Å². The van der Waals surface area contributed by atoms with Gasteiger partial charge in [0.1, 0.15) is 19.0 Å². The van der Waals surface area contributed by atoms with E-state index in [0.29, 0.717) is 18.9 Å². The first-order valence-corrected chi connectivity index (χ1v) is 12.1. The van der Waals surface area contributed by atoms with E-state index in [9.17, 15) is 14.1 Å². The van der Waals surface area contributed by atoms with Crippen LogP contribution < -0.4 is 5.32 Å². The van der Waals surface area contributed by atoms with Gasteiger partial charge in [-0.05, 0) is 48.0 Å². The van der Waals surface area contributed by atoms with E-state index in [4.69, 9.17) is 9.05 Å². The summed E-state index contributed by atoms with van der Waals surface area (Å²) in [7, 11) is -1.15. The Kier molecular flexibility index (Phi) is 7.11. The van der Waals surface area contributed by atoms with E-state index in [1.54, 1.807) is 48.3 Å². The maximum atomic E-state index is 13.3. The summed E-state index contributed by atoms with van der Waals surface area (Å²) in [6.45, 7) is 0.648. The van der Waals surface area contributed by atoms with E-state index in [1.165, 1.54) is 18.2 Å². The molecule has 1 amide bonds. The summed E-state index contributed by atoms with van der Waals surface area (Å²) < 4.78 is 25.9. The van der Waals surface area contributed by atoms with E-state index in [2.05, 4.69) is 10.4 Å². The predicted molar refractivity (Wildman–Crippen MR) is 127 cm³/mol. The molecule has 2 aromatic carbocycles. The molecule has 1 aromatic heterocycles. The zero-order valence-corrected chi connectivity index (χ0v) is 18.9. The van der Waals surface area contributed by atoms with Gasteiger partial charge in [0.15, 0.2) is 6.16 Å². The van der Waals surface area contributed by atoms with Crippen molar-refractivity contribution in [2.24, 2.45) is 7.05 Å². The zero-order chi connectivity index (χ0) is 23.3. The Labute approximate surface area is 191 Å². The Morgan fingerprint density at radius 2 is 1.82 bits per heavy atom. The standard InChI is InChI=1S/C24H23FN3O4P/c1-28-24(19-6-9-21(25)10-7-19)20(16-26-28)8-13-23(29)27-22-11-4-18(5-12-22)17-33(30)31-14-2-3-15-32-33/h2-13,16,30H,14-15,17H2,1H3/p+1/b13-8+. The molecule has 7 nitrogen and oxygen atoms in total. The molecule has 2 N–H and O–H groups in total. The van der Waals surface area contributed by atoms with Crippen LogP contribution in [-0.4, -0.2) is 33.8 Å². The minimum absolute atomic E-state index is 0.274. The molecule has 0 spiro atoms. The number of aryl methyl sites for hydroxylation is 1. The van der Waals surface area contributed by atoms with Crippen LogP contribution in [-0.2, 0) is 27.1 Å². The smallest absolute Gasteiger partial charge is 0.323 e. The molecule has 0 aliphatic carbocycles. The fourth-order valence-corrected chi connectivity index (χ4v) is 4.96. The monoisotopic (exact) mass is 468 g/mol. The molecular weight excluding hydrogens is 444 g/mol. The second-order valence-corrected chi connectivity index (χ2v) is 9.56. The lowest BCUT2D eigenvalue weighted by Gasteiger charge is -2.14. The van der Waals surface area contributed by atoms with Gasteiger partial charge in [0.05, 0.1) is 11.9 Å². The molecule has 0 unspecified atom stereocenters. The summed E-state index contributed by atoms with van der Waals surface area (Å²) in [6, 6.07) is 13.3. The lowest BCUT2D eigenvalue weighted by Crippen LogP contribution is -2.08. The van der Waals surface area contributed by atoms with E-state index in [0.717, 1.165) is 22.4 Å². The van der Waals surface area contributed by atoms with Crippen LogP contribution in [0.2, 0.25) is 0 Å². The number of benzene rings is 2. The molecule has 170 valence electrons. The Bertz CT molecular complexity index is 1160. The number of halogens is 1. The average Bonchev–Trinajstić information content (AvgIpc) is 3.03. The third-order valence-corrected chi connectivity index (χ3v) is 6.88. The summed E-state index contributed by atoms with van der Waals surface area (Å²) >= 11 is 0. The highest BCUT2D eigenvalue weighted by atomic mass is 31.2. The maximum Gasteiger partial charge on any atom is 0.414 e. The SMILES string of the molecule is Cn1ncc(/C=C/C(=O)Nc2ccc(C[P+]3(O)OCC=CCO3)cc2)c1-c1ccc(F)cc1. The summed E-state index contributed by atoms with van der Waals surface area (Å²) in [5.74, 6) is -0.616. The van der Waals surface area contributed by atoms with Gasteiger partial charge in [0.25, 0.3) is 0 Å². The number of anilines is 1. The first-order valence-electron chi connectivity index (χ1n) is 10.3. The number of nitrogens with zero attached hydrogens (tertiary/aromatic N) is 2. The van der Waals surface area contributed by atoms with Crippen LogP contribution in [0.25, 0.3) is 17.3 Å². The second kappa shape index (κ2) is 10.2. The molecule has 1 aliphatic rings. The molecule has 1 aliphatic heterocycles. The van der Waals surface area contributed by atoms with Crippen LogP contribution in [0, 0.1) is 5.82 Å². The minimum atomic E-state index is -2.94. The molecule has 3 aromatic rings. The molecule has 33 heavy (non-hydrogen) atoms. The molecule has 4 rings (SSSR count). The van der Waals surface area contributed by atoms with Gasteiger partial charge in [0.2, 0.25) is 5.91 Å². The molecule has 0 radical (unpaired) electrons. The Hall–Kier alpha value is -3.16. The number of carbonyl (C=O) groups excluding carboxylic acids is 1. The van der Waals surface area contributed by atoms with Crippen molar-refractivity contribution in [2.75, 3.05) is 18.5 Å². The molecule has 0 saturated heterocycles. The van der Waals surface area contributed by atoms with E-state index in [-0.39, 0.29) is 17.9 Å². The van der Waals surface area contributed by atoms with Gasteiger partial charge in [-0.2, -0.15) is 19.0 Å². The lowest BCUT2D eigenvalue weighted by atomic mass is 10.1. The Morgan fingerprint density at radius 3 is 2.48 bits per heavy atom. The largest absolute Gasteiger partial charge is 0.414 e. The summed E-state index contributed by atoms with van der Waals surface area (Å²) in [4.78, 5) is 23.0. The summed E-state index contributed by atoms with van der Waals surface area (Å²) in [5, 5.41) is 7.05. The maximum absolute atomic E-state index is 13.3. The van der Waals surface area contributed by atoms with E-state index >= 15 is 0 Å². The Morgan fingerprint density at radius 1 is 1.15 bits per heavy atom. The van der Waals surface area contributed by atoms with Gasteiger partial charge in [-0.1, -0.05) is 24.3 Å². The van der Waals surface area contributed by atoms with Crippen molar-refractivity contribution in [1.29, 1.82) is 0 Å². The van der Waals surface area contributed by atoms with Gasteiger partial charge in [0, 0.05) is 29.9 Å². The number of amides is 1. The van der Waals surface area contributed by atoms with Gasteiger partial charge in [-0.15, -0.1) is 0 Å². The van der Waals surface area contributed by atoms with E-state index < -0.39 is 7.94 Å². The zero-order valence-electron chi connectivity index (χ0n) is 18.0. The molecule has 0 fully saturated rings. The number of nitrogens with one attached hydrogen (secondary N) is 1. The van der Waals surface area contributed by atoms with Crippen LogP contribution in [0.5, 0.6) is 0 Å². The Balaban J connectivity index is 1.39. The second-order valence-electron chi connectivity index (χ2n) is 7.46. The van der Waals surface area contributed by atoms with Crippen molar-refractivity contribution < 1.29 is 23.1 Å². The van der Waals surface area contributed by atoms with Crippen LogP contribution in [0.4, 0.5) is 10.1 Å². The van der Waals surface area contributed by atoms with Gasteiger partial charge in [-0.3, -0.25) is 9.48 Å². The first kappa shape index (κ1) is 23.0. The summed E-state index contributed by atoms with van der Waals surface area (Å²) in [5.41, 5.74) is 3.79. The number of rotatable bonds is 6. The number of carbonyl (C=O) groups is 1. The van der Waals surface area contributed by atoms with Crippen molar-refractivity contribution in [3.8, 4) is 11.3 Å². The molecule has 9 heteroatoms. The molecule has 0 saturated carbocycles. The fourth-order valence-electron chi connectivity index (χ4n) is 3.39. The van der Waals surface area contributed by atoms with Crippen molar-refractivity contribution >= 4 is 25.6 Å². The molecule has 2 heterocycles. The van der Waals surface area contributed by atoms with Crippen LogP contribution in [0.1, 0.15) is 11.1 Å². The van der Waals surface area contributed by atoms with Crippen molar-refractivity contribution in [3.63, 3.8) is 0 Å². The highest BCUT2D eigenvalue weighted by Crippen LogP contribution is 2.60. The third-order valence-electron chi connectivity index (χ3n) is 5.01. The molecule has 0 bridgehead atoms. The van der Waals surface area contributed by atoms with Crippen LogP contribution in [0.3, 0.4) is 0 Å². The van der Waals surface area contributed by atoms with Crippen molar-refractivity contribution in [1.82, 2.24) is 9.78 Å². The number of hydrogen-bond acceptors (Lipinski definition) is 5. The minimum Gasteiger partial charge on any atom is -0.323 e. The van der Waals surface area contributed by atoms with Crippen LogP contribution in [0.15, 0.2) is 73.0 Å².